The Morgan fingerprint density at radius 2 is 1.45 bits per heavy atom. The van der Waals surface area contributed by atoms with E-state index in [4.69, 9.17) is 16.6 Å². The van der Waals surface area contributed by atoms with E-state index in [-0.39, 0.29) is 5.91 Å². The van der Waals surface area contributed by atoms with Gasteiger partial charge in [-0.3, -0.25) is 9.69 Å². The lowest BCUT2D eigenvalue weighted by Crippen LogP contribution is -2.28. The molecule has 4 rings (SSSR count). The van der Waals surface area contributed by atoms with Crippen molar-refractivity contribution in [1.82, 2.24) is 0 Å². The van der Waals surface area contributed by atoms with E-state index in [1.54, 1.807) is 4.90 Å². The fourth-order valence-electron chi connectivity index (χ4n) is 3.28. The van der Waals surface area contributed by atoms with Crippen LogP contribution in [0.15, 0.2) is 82.7 Å². The number of halogens is 1. The zero-order valence-electron chi connectivity index (χ0n) is 17.5. The Kier molecular flexibility index (Phi) is 6.59. The SMILES string of the molecule is CCc1ccc(N=C2S/C(=C\c3ccc(Cl)cc3)C(=O)N2c2ccc(CC)cc2)cc1. The number of hydrogen-bond acceptors (Lipinski definition) is 3. The third kappa shape index (κ3) is 4.92. The van der Waals surface area contributed by atoms with Gasteiger partial charge in [-0.1, -0.05) is 61.8 Å². The third-order valence-corrected chi connectivity index (χ3v) is 6.37. The molecule has 0 unspecified atom stereocenters. The summed E-state index contributed by atoms with van der Waals surface area (Å²) in [5.74, 6) is -0.0758. The van der Waals surface area contributed by atoms with Gasteiger partial charge in [0.1, 0.15) is 0 Å². The van der Waals surface area contributed by atoms with Crippen LogP contribution in [-0.4, -0.2) is 11.1 Å². The highest BCUT2D eigenvalue weighted by molar-refractivity contribution is 8.19. The average Bonchev–Trinajstić information content (AvgIpc) is 3.10. The number of rotatable bonds is 5. The van der Waals surface area contributed by atoms with Crippen molar-refractivity contribution in [3.8, 4) is 0 Å². The molecule has 0 aromatic heterocycles. The van der Waals surface area contributed by atoms with E-state index in [2.05, 4.69) is 38.1 Å². The molecule has 3 aromatic rings. The Balaban J connectivity index is 1.74. The minimum atomic E-state index is -0.0758. The van der Waals surface area contributed by atoms with Gasteiger partial charge in [-0.15, -0.1) is 0 Å². The quantitative estimate of drug-likeness (QED) is 0.386. The summed E-state index contributed by atoms with van der Waals surface area (Å²) >= 11 is 7.39. The van der Waals surface area contributed by atoms with Crippen LogP contribution in [-0.2, 0) is 17.6 Å². The highest BCUT2D eigenvalue weighted by atomic mass is 35.5. The lowest BCUT2D eigenvalue weighted by molar-refractivity contribution is -0.113. The Morgan fingerprint density at radius 3 is 2.03 bits per heavy atom. The van der Waals surface area contributed by atoms with Crippen molar-refractivity contribution in [2.24, 2.45) is 4.99 Å². The number of nitrogens with zero attached hydrogens (tertiary/aromatic N) is 2. The summed E-state index contributed by atoms with van der Waals surface area (Å²) in [4.78, 5) is 20.5. The molecule has 0 saturated carbocycles. The first-order chi connectivity index (χ1) is 15.1. The third-order valence-electron chi connectivity index (χ3n) is 5.15. The minimum absolute atomic E-state index is 0.0758. The number of amidine groups is 1. The van der Waals surface area contributed by atoms with Gasteiger partial charge in [-0.25, -0.2) is 4.99 Å². The molecular weight excluding hydrogens is 424 g/mol. The second kappa shape index (κ2) is 9.54. The van der Waals surface area contributed by atoms with E-state index in [9.17, 15) is 4.79 Å². The fourth-order valence-corrected chi connectivity index (χ4v) is 4.41. The van der Waals surface area contributed by atoms with Gasteiger partial charge in [-0.2, -0.15) is 0 Å². The number of carbonyl (C=O) groups excluding carboxylic acids is 1. The van der Waals surface area contributed by atoms with Gasteiger partial charge in [0.15, 0.2) is 5.17 Å². The summed E-state index contributed by atoms with van der Waals surface area (Å²) in [6.45, 7) is 4.24. The maximum Gasteiger partial charge on any atom is 0.271 e. The maximum absolute atomic E-state index is 13.4. The van der Waals surface area contributed by atoms with Crippen LogP contribution in [0.5, 0.6) is 0 Å². The molecule has 0 aliphatic carbocycles. The van der Waals surface area contributed by atoms with Crippen molar-refractivity contribution in [3.63, 3.8) is 0 Å². The number of aliphatic imine (C=N–C) groups is 1. The lowest BCUT2D eigenvalue weighted by Gasteiger charge is -2.16. The second-order valence-corrected chi connectivity index (χ2v) is 8.68. The minimum Gasteiger partial charge on any atom is -0.268 e. The predicted octanol–water partition coefficient (Wildman–Crippen LogP) is 7.27. The topological polar surface area (TPSA) is 32.7 Å². The van der Waals surface area contributed by atoms with Crippen molar-refractivity contribution >= 4 is 51.9 Å². The average molecular weight is 447 g/mol. The lowest BCUT2D eigenvalue weighted by atomic mass is 10.1. The van der Waals surface area contributed by atoms with Crippen LogP contribution in [0.2, 0.25) is 5.02 Å². The molecule has 1 aliphatic heterocycles. The fraction of sp³-hybridized carbons (Fsp3) is 0.154. The molecule has 0 bridgehead atoms. The number of benzene rings is 3. The van der Waals surface area contributed by atoms with Crippen molar-refractivity contribution in [2.75, 3.05) is 4.90 Å². The highest BCUT2D eigenvalue weighted by Gasteiger charge is 2.34. The van der Waals surface area contributed by atoms with Crippen LogP contribution >= 0.6 is 23.4 Å². The van der Waals surface area contributed by atoms with Gasteiger partial charge in [0.2, 0.25) is 0 Å². The second-order valence-electron chi connectivity index (χ2n) is 7.24. The number of amides is 1. The van der Waals surface area contributed by atoms with Crippen molar-refractivity contribution in [3.05, 3.63) is 99.4 Å². The summed E-state index contributed by atoms with van der Waals surface area (Å²) in [6.07, 6.45) is 3.82. The van der Waals surface area contributed by atoms with E-state index >= 15 is 0 Å². The molecule has 0 radical (unpaired) electrons. The summed E-state index contributed by atoms with van der Waals surface area (Å²) in [5, 5.41) is 1.32. The van der Waals surface area contributed by atoms with E-state index in [1.165, 1.54) is 22.9 Å². The first-order valence-corrected chi connectivity index (χ1v) is 11.5. The van der Waals surface area contributed by atoms with Crippen LogP contribution in [0.4, 0.5) is 11.4 Å². The number of carbonyl (C=O) groups is 1. The maximum atomic E-state index is 13.4. The molecule has 31 heavy (non-hydrogen) atoms. The van der Waals surface area contributed by atoms with Crippen LogP contribution in [0, 0.1) is 0 Å². The van der Waals surface area contributed by atoms with Gasteiger partial charge in [0.05, 0.1) is 16.3 Å². The smallest absolute Gasteiger partial charge is 0.268 e. The van der Waals surface area contributed by atoms with E-state index in [1.807, 2.05) is 54.6 Å². The molecule has 1 amide bonds. The molecule has 5 heteroatoms. The van der Waals surface area contributed by atoms with Gasteiger partial charge in [-0.05, 0) is 83.8 Å². The Labute approximate surface area is 192 Å². The molecule has 0 N–H and O–H groups in total. The number of anilines is 1. The normalized spacial score (nSPS) is 16.5. The molecular formula is C26H23ClN2OS. The van der Waals surface area contributed by atoms with E-state index in [0.717, 1.165) is 29.8 Å². The molecule has 3 nitrogen and oxygen atoms in total. The number of aryl methyl sites for hydroxylation is 2. The zero-order valence-corrected chi connectivity index (χ0v) is 19.1. The van der Waals surface area contributed by atoms with Gasteiger partial charge < -0.3 is 0 Å². The molecule has 1 heterocycles. The van der Waals surface area contributed by atoms with Crippen LogP contribution < -0.4 is 4.90 Å². The molecule has 0 atom stereocenters. The summed E-state index contributed by atoms with van der Waals surface area (Å²) in [5.41, 5.74) is 5.06. The molecule has 1 aliphatic rings. The Hall–Kier alpha value is -2.82. The molecule has 0 spiro atoms. The summed E-state index contributed by atoms with van der Waals surface area (Å²) < 4.78 is 0. The van der Waals surface area contributed by atoms with Gasteiger partial charge in [0.25, 0.3) is 5.91 Å². The molecule has 3 aromatic carbocycles. The molecule has 1 fully saturated rings. The summed E-state index contributed by atoms with van der Waals surface area (Å²) in [7, 11) is 0. The monoisotopic (exact) mass is 446 g/mol. The molecule has 156 valence electrons. The first kappa shape index (κ1) is 21.4. The first-order valence-electron chi connectivity index (χ1n) is 10.3. The van der Waals surface area contributed by atoms with Gasteiger partial charge >= 0.3 is 0 Å². The van der Waals surface area contributed by atoms with E-state index in [0.29, 0.717) is 15.1 Å². The van der Waals surface area contributed by atoms with Crippen LogP contribution in [0.25, 0.3) is 6.08 Å². The summed E-state index contributed by atoms with van der Waals surface area (Å²) in [6, 6.07) is 23.7. The standard InChI is InChI=1S/C26H23ClN2OS/c1-3-18-7-13-22(14-8-18)28-26-29(23-15-9-19(4-2)10-16-23)25(30)24(31-26)17-20-5-11-21(27)12-6-20/h5-17H,3-4H2,1-2H3/b24-17-,28-26?. The predicted molar refractivity (Wildman–Crippen MR) is 133 cm³/mol. The number of thioether (sulfide) groups is 1. The van der Waals surface area contributed by atoms with Crippen LogP contribution in [0.1, 0.15) is 30.5 Å². The Morgan fingerprint density at radius 1 is 0.871 bits per heavy atom. The number of hydrogen-bond donors (Lipinski definition) is 0. The van der Waals surface area contributed by atoms with Crippen LogP contribution in [0.3, 0.4) is 0 Å². The highest BCUT2D eigenvalue weighted by Crippen LogP contribution is 2.37. The zero-order chi connectivity index (χ0) is 21.8. The largest absolute Gasteiger partial charge is 0.271 e. The van der Waals surface area contributed by atoms with Crippen molar-refractivity contribution in [2.45, 2.75) is 26.7 Å². The van der Waals surface area contributed by atoms with Gasteiger partial charge in [0, 0.05) is 5.02 Å². The van der Waals surface area contributed by atoms with E-state index < -0.39 is 0 Å². The van der Waals surface area contributed by atoms with Crippen molar-refractivity contribution < 1.29 is 4.79 Å². The Bertz CT molecular complexity index is 1130. The molecule has 1 saturated heterocycles. The van der Waals surface area contributed by atoms with Crippen molar-refractivity contribution in [1.29, 1.82) is 0 Å².